The van der Waals surface area contributed by atoms with Crippen LogP contribution in [0.2, 0.25) is 0 Å². The highest BCUT2D eigenvalue weighted by Gasteiger charge is 2.83. The zero-order valence-electron chi connectivity index (χ0n) is 27.3. The SMILES string of the molecule is COc1ccccc1N1C(=O)[C@@H]2[C@@H](C1=O)[C@@]1(c3ccccc3)C(=O)[C@@]2(c2ccccc2)C(c2ccc3c(c2)OCO3)=C1c1ccc2c(c1)OCO2. The molecular weight excluding hydrogens is 646 g/mol. The van der Waals surface area contributed by atoms with Crippen molar-refractivity contribution in [2.75, 3.05) is 25.6 Å². The van der Waals surface area contributed by atoms with Gasteiger partial charge in [0.2, 0.25) is 25.4 Å². The molecule has 1 saturated heterocycles. The second-order valence-electron chi connectivity index (χ2n) is 13.2. The summed E-state index contributed by atoms with van der Waals surface area (Å²) in [5, 5.41) is 0. The lowest BCUT2D eigenvalue weighted by Crippen LogP contribution is -2.45. The quantitative estimate of drug-likeness (QED) is 0.192. The van der Waals surface area contributed by atoms with Gasteiger partial charge in [0.25, 0.3) is 0 Å². The van der Waals surface area contributed by atoms with Crippen LogP contribution in [0.25, 0.3) is 11.1 Å². The molecule has 2 aliphatic carbocycles. The molecule has 4 atom stereocenters. The van der Waals surface area contributed by atoms with E-state index in [-0.39, 0.29) is 19.4 Å². The fourth-order valence-corrected chi connectivity index (χ4v) is 9.28. The van der Waals surface area contributed by atoms with Crippen molar-refractivity contribution in [1.29, 1.82) is 0 Å². The van der Waals surface area contributed by atoms with Crippen molar-refractivity contribution in [3.63, 3.8) is 0 Å². The number of ether oxygens (including phenoxy) is 5. The summed E-state index contributed by atoms with van der Waals surface area (Å²) in [6, 6.07) is 36.9. The van der Waals surface area contributed by atoms with E-state index in [1.807, 2.05) is 97.1 Å². The predicted octanol–water partition coefficient (Wildman–Crippen LogP) is 6.34. The molecular formula is C42H29NO8. The Bertz CT molecular complexity index is 2210. The molecule has 9 nitrogen and oxygen atoms in total. The van der Waals surface area contributed by atoms with E-state index in [9.17, 15) is 0 Å². The number of allylic oxidation sites excluding steroid dienone is 2. The molecule has 2 amide bonds. The molecule has 2 fully saturated rings. The van der Waals surface area contributed by atoms with Gasteiger partial charge in [-0.2, -0.15) is 0 Å². The minimum atomic E-state index is -1.59. The van der Waals surface area contributed by atoms with Gasteiger partial charge in [-0.15, -0.1) is 0 Å². The molecule has 5 aromatic carbocycles. The van der Waals surface area contributed by atoms with Crippen molar-refractivity contribution in [3.8, 4) is 28.7 Å². The number of carbonyl (C=O) groups excluding carboxylic acids is 3. The van der Waals surface area contributed by atoms with Crippen LogP contribution in [-0.4, -0.2) is 38.3 Å². The fraction of sp³-hybridized carbons (Fsp3) is 0.167. The first kappa shape index (κ1) is 29.6. The third-order valence-corrected chi connectivity index (χ3v) is 11.1. The third kappa shape index (κ3) is 3.62. The number of para-hydroxylation sites is 2. The summed E-state index contributed by atoms with van der Waals surface area (Å²) >= 11 is 0. The van der Waals surface area contributed by atoms with Crippen LogP contribution < -0.4 is 28.6 Å². The summed E-state index contributed by atoms with van der Waals surface area (Å²) in [6.45, 7) is 0.129. The highest BCUT2D eigenvalue weighted by atomic mass is 16.7. The van der Waals surface area contributed by atoms with Crippen LogP contribution >= 0.6 is 0 Å². The highest BCUT2D eigenvalue weighted by Crippen LogP contribution is 2.75. The van der Waals surface area contributed by atoms with Crippen LogP contribution in [-0.2, 0) is 25.2 Å². The number of amides is 2. The topological polar surface area (TPSA) is 101 Å². The van der Waals surface area contributed by atoms with Crippen molar-refractivity contribution in [1.82, 2.24) is 0 Å². The smallest absolute Gasteiger partial charge is 0.239 e. The van der Waals surface area contributed by atoms with E-state index < -0.39 is 34.5 Å². The van der Waals surface area contributed by atoms with Gasteiger partial charge in [-0.25, -0.2) is 4.90 Å². The highest BCUT2D eigenvalue weighted by molar-refractivity contribution is 6.39. The monoisotopic (exact) mass is 675 g/mol. The van der Waals surface area contributed by atoms with E-state index in [4.69, 9.17) is 23.7 Å². The van der Waals surface area contributed by atoms with Crippen LogP contribution in [0.15, 0.2) is 121 Å². The molecule has 9 heteroatoms. The first-order valence-corrected chi connectivity index (χ1v) is 16.7. The van der Waals surface area contributed by atoms with Gasteiger partial charge in [0.05, 0.1) is 35.5 Å². The van der Waals surface area contributed by atoms with Crippen molar-refractivity contribution >= 4 is 34.4 Å². The number of ketones is 1. The molecule has 3 aliphatic heterocycles. The van der Waals surface area contributed by atoms with E-state index in [1.165, 1.54) is 12.0 Å². The van der Waals surface area contributed by atoms with Crippen molar-refractivity contribution in [2.24, 2.45) is 11.8 Å². The summed E-state index contributed by atoms with van der Waals surface area (Å²) in [5.74, 6) is -0.762. The number of rotatable bonds is 6. The molecule has 1 saturated carbocycles. The van der Waals surface area contributed by atoms with Gasteiger partial charge in [0, 0.05) is 0 Å². The maximum atomic E-state index is 16.2. The average Bonchev–Trinajstić information content (AvgIpc) is 3.98. The van der Waals surface area contributed by atoms with Gasteiger partial charge in [0.1, 0.15) is 5.75 Å². The number of nitrogens with zero attached hydrogens (tertiary/aromatic N) is 1. The van der Waals surface area contributed by atoms with Crippen molar-refractivity contribution in [3.05, 3.63) is 144 Å². The Labute approximate surface area is 292 Å². The van der Waals surface area contributed by atoms with E-state index in [1.54, 1.807) is 24.3 Å². The summed E-state index contributed by atoms with van der Waals surface area (Å²) in [7, 11) is 1.51. The normalized spacial score (nSPS) is 25.2. The molecule has 0 spiro atoms. The third-order valence-electron chi connectivity index (χ3n) is 11.1. The predicted molar refractivity (Wildman–Crippen MR) is 186 cm³/mol. The fourth-order valence-electron chi connectivity index (χ4n) is 9.28. The number of hydrogen-bond acceptors (Lipinski definition) is 8. The Morgan fingerprint density at radius 1 is 0.569 bits per heavy atom. The second-order valence-corrected chi connectivity index (χ2v) is 13.2. The van der Waals surface area contributed by atoms with Crippen molar-refractivity contribution < 1.29 is 38.1 Å². The number of hydrogen-bond donors (Lipinski definition) is 0. The van der Waals surface area contributed by atoms with Gasteiger partial charge in [-0.05, 0) is 69.8 Å². The van der Waals surface area contributed by atoms with E-state index in [2.05, 4.69) is 0 Å². The van der Waals surface area contributed by atoms with Gasteiger partial charge < -0.3 is 23.7 Å². The first-order chi connectivity index (χ1) is 25.0. The van der Waals surface area contributed by atoms with Crippen LogP contribution in [0, 0.1) is 11.8 Å². The Morgan fingerprint density at radius 2 is 1.02 bits per heavy atom. The molecule has 0 unspecified atom stereocenters. The summed E-state index contributed by atoms with van der Waals surface area (Å²) in [4.78, 5) is 48.1. The number of benzene rings is 5. The minimum absolute atomic E-state index is 0.0646. The Hall–Kier alpha value is -6.35. The summed E-state index contributed by atoms with van der Waals surface area (Å²) in [5.41, 5.74) is 0.996. The Balaban J connectivity index is 1.37. The lowest BCUT2D eigenvalue weighted by molar-refractivity contribution is -0.130. The lowest BCUT2D eigenvalue weighted by Gasteiger charge is -2.39. The lowest BCUT2D eigenvalue weighted by atomic mass is 9.59. The van der Waals surface area contributed by atoms with Crippen LogP contribution in [0.5, 0.6) is 28.7 Å². The number of fused-ring (bicyclic) bond motifs is 7. The van der Waals surface area contributed by atoms with Crippen LogP contribution in [0.1, 0.15) is 22.3 Å². The summed E-state index contributed by atoms with van der Waals surface area (Å²) < 4.78 is 28.8. The Morgan fingerprint density at radius 3 is 1.51 bits per heavy atom. The van der Waals surface area contributed by atoms with E-state index in [0.717, 1.165) is 0 Å². The van der Waals surface area contributed by atoms with E-state index in [0.29, 0.717) is 67.8 Å². The zero-order valence-corrected chi connectivity index (χ0v) is 27.3. The maximum absolute atomic E-state index is 16.2. The maximum Gasteiger partial charge on any atom is 0.239 e. The van der Waals surface area contributed by atoms with Crippen LogP contribution in [0.3, 0.4) is 0 Å². The standard InChI is InChI=1S/C42H29NO8/c1-47-29-15-9-8-14-28(29)43-38(44)36-37(39(43)45)42(27-12-6-3-7-13-27)35(25-17-19-31-33(21-25)51-23-49-31)34(24-16-18-30-32(20-24)50-22-48-30)41(36,40(42)46)26-10-4-2-5-11-26/h2-21,36-37H,22-23H2,1H3/t36-,37-,41-,42-/m0/s1. The molecule has 0 radical (unpaired) electrons. The number of anilines is 1. The minimum Gasteiger partial charge on any atom is -0.495 e. The average molecular weight is 676 g/mol. The molecule has 2 bridgehead atoms. The molecule has 0 N–H and O–H groups in total. The summed E-state index contributed by atoms with van der Waals surface area (Å²) in [6.07, 6.45) is 0. The molecule has 0 aromatic heterocycles. The molecule has 5 aliphatic rings. The number of imide groups is 1. The van der Waals surface area contributed by atoms with Crippen LogP contribution in [0.4, 0.5) is 5.69 Å². The molecule has 250 valence electrons. The molecule has 5 aromatic rings. The molecule has 3 heterocycles. The van der Waals surface area contributed by atoms with Crippen molar-refractivity contribution in [2.45, 2.75) is 10.8 Å². The number of carbonyl (C=O) groups is 3. The Kier molecular flexibility index (Phi) is 6.13. The molecule has 51 heavy (non-hydrogen) atoms. The van der Waals surface area contributed by atoms with Gasteiger partial charge >= 0.3 is 0 Å². The van der Waals surface area contributed by atoms with Gasteiger partial charge in [-0.1, -0.05) is 84.9 Å². The van der Waals surface area contributed by atoms with Gasteiger partial charge in [0.15, 0.2) is 28.8 Å². The van der Waals surface area contributed by atoms with Gasteiger partial charge in [-0.3, -0.25) is 14.4 Å². The first-order valence-electron chi connectivity index (χ1n) is 16.7. The molecule has 10 rings (SSSR count). The largest absolute Gasteiger partial charge is 0.495 e. The van der Waals surface area contributed by atoms with E-state index >= 15 is 14.4 Å². The number of methoxy groups -OCH3 is 1. The second kappa shape index (κ2) is 10.6. The zero-order chi connectivity index (χ0) is 34.5. The number of Topliss-reactive ketones (excluding diaryl/α,β-unsaturated/α-hetero) is 1.